The molecule has 1 aliphatic heterocycles. The maximum atomic E-state index is 4.51. The third-order valence-electron chi connectivity index (χ3n) is 2.87. The van der Waals surface area contributed by atoms with Gasteiger partial charge in [-0.25, -0.2) is 4.98 Å². The van der Waals surface area contributed by atoms with Crippen molar-refractivity contribution in [1.82, 2.24) is 4.98 Å². The second-order valence-corrected chi connectivity index (χ2v) is 4.30. The zero-order chi connectivity index (χ0) is 9.97. The Balaban J connectivity index is 2.12. The molecule has 1 fully saturated rings. The molecule has 74 valence electrons. The van der Waals surface area contributed by atoms with Crippen LogP contribution in [-0.4, -0.2) is 24.8 Å². The minimum Gasteiger partial charge on any atom is -0.357 e. The van der Waals surface area contributed by atoms with Crippen molar-refractivity contribution in [3.05, 3.63) is 18.3 Å². The number of hydrogen-bond acceptors (Lipinski definition) is 2. The van der Waals surface area contributed by atoms with E-state index in [1.807, 2.05) is 6.20 Å². The number of anilines is 1. The Morgan fingerprint density at radius 3 is 2.43 bits per heavy atom. The van der Waals surface area contributed by atoms with Crippen molar-refractivity contribution in [1.29, 1.82) is 0 Å². The second kappa shape index (κ2) is 4.03. The average Bonchev–Trinajstić information content (AvgIpc) is 2.71. The largest absolute Gasteiger partial charge is 0.357 e. The molecule has 1 saturated heterocycles. The highest BCUT2D eigenvalue weighted by molar-refractivity contribution is 6.70. The van der Waals surface area contributed by atoms with Gasteiger partial charge in [-0.2, -0.15) is 0 Å². The summed E-state index contributed by atoms with van der Waals surface area (Å²) < 4.78 is 0. The average molecular weight is 188 g/mol. The fourth-order valence-electron chi connectivity index (χ4n) is 1.87. The highest BCUT2D eigenvalue weighted by Gasteiger charge is 2.13. The fourth-order valence-corrected chi connectivity index (χ4v) is 1.87. The molecule has 0 saturated carbocycles. The summed E-state index contributed by atoms with van der Waals surface area (Å²) >= 11 is 0. The van der Waals surface area contributed by atoms with Gasteiger partial charge in [0.2, 0.25) is 0 Å². The molecule has 1 aliphatic rings. The van der Waals surface area contributed by atoms with Crippen molar-refractivity contribution in [3.8, 4) is 0 Å². The molecule has 0 unspecified atom stereocenters. The predicted octanol–water partition coefficient (Wildman–Crippen LogP) is 1.64. The van der Waals surface area contributed by atoms with Crippen LogP contribution < -0.4 is 10.4 Å². The van der Waals surface area contributed by atoms with Crippen molar-refractivity contribution >= 4 is 18.0 Å². The van der Waals surface area contributed by atoms with Gasteiger partial charge in [-0.1, -0.05) is 25.2 Å². The van der Waals surface area contributed by atoms with Crippen molar-refractivity contribution in [3.63, 3.8) is 0 Å². The Bertz CT molecular complexity index is 289. The number of pyridine rings is 1. The van der Waals surface area contributed by atoms with Crippen LogP contribution in [0.2, 0.25) is 13.6 Å². The summed E-state index contributed by atoms with van der Waals surface area (Å²) in [4.78, 5) is 6.87. The first-order chi connectivity index (χ1) is 6.77. The van der Waals surface area contributed by atoms with Crippen LogP contribution in [0.15, 0.2) is 18.3 Å². The van der Waals surface area contributed by atoms with Crippen LogP contribution in [0.1, 0.15) is 12.8 Å². The smallest absolute Gasteiger partial charge is 0.171 e. The van der Waals surface area contributed by atoms with Gasteiger partial charge in [-0.05, 0) is 18.9 Å². The van der Waals surface area contributed by atoms with E-state index >= 15 is 0 Å². The van der Waals surface area contributed by atoms with Gasteiger partial charge in [-0.3, -0.25) is 0 Å². The van der Waals surface area contributed by atoms with E-state index in [1.54, 1.807) is 0 Å². The van der Waals surface area contributed by atoms with Crippen molar-refractivity contribution in [2.24, 2.45) is 0 Å². The van der Waals surface area contributed by atoms with E-state index in [1.165, 1.54) is 31.4 Å². The van der Waals surface area contributed by atoms with Gasteiger partial charge >= 0.3 is 0 Å². The summed E-state index contributed by atoms with van der Waals surface area (Å²) in [6.07, 6.45) is 4.64. The van der Waals surface area contributed by atoms with Crippen LogP contribution in [0.5, 0.6) is 0 Å². The number of hydrogen-bond donors (Lipinski definition) is 0. The minimum atomic E-state index is 0.579. The molecular weight excluding hydrogens is 171 g/mol. The Morgan fingerprint density at radius 2 is 1.93 bits per heavy atom. The molecule has 0 bridgehead atoms. The van der Waals surface area contributed by atoms with Crippen LogP contribution in [0.4, 0.5) is 5.82 Å². The summed E-state index contributed by atoms with van der Waals surface area (Å²) in [5.41, 5.74) is 1.33. The predicted molar refractivity (Wildman–Crippen MR) is 62.8 cm³/mol. The Kier molecular flexibility index (Phi) is 2.75. The second-order valence-electron chi connectivity index (χ2n) is 4.30. The minimum absolute atomic E-state index is 0.579. The zero-order valence-electron chi connectivity index (χ0n) is 9.03. The summed E-state index contributed by atoms with van der Waals surface area (Å²) in [5.74, 6) is 1.15. The molecule has 1 aromatic heterocycles. The Morgan fingerprint density at radius 1 is 1.21 bits per heavy atom. The molecule has 0 atom stereocenters. The van der Waals surface area contributed by atoms with E-state index in [0.29, 0.717) is 6.71 Å². The van der Waals surface area contributed by atoms with E-state index in [9.17, 15) is 0 Å². The van der Waals surface area contributed by atoms with Gasteiger partial charge < -0.3 is 4.90 Å². The molecule has 2 heterocycles. The number of nitrogens with zero attached hydrogens (tertiary/aromatic N) is 2. The van der Waals surface area contributed by atoms with Gasteiger partial charge in [-0.15, -0.1) is 0 Å². The normalized spacial score (nSPS) is 16.0. The van der Waals surface area contributed by atoms with Crippen LogP contribution >= 0.6 is 0 Å². The molecule has 3 heteroatoms. The number of aromatic nitrogens is 1. The highest BCUT2D eigenvalue weighted by atomic mass is 15.2. The molecule has 2 rings (SSSR count). The lowest BCUT2D eigenvalue weighted by molar-refractivity contribution is 0.939. The van der Waals surface area contributed by atoms with Crippen LogP contribution in [0, 0.1) is 0 Å². The first kappa shape index (κ1) is 9.57. The Hall–Kier alpha value is -0.985. The highest BCUT2D eigenvalue weighted by Crippen LogP contribution is 2.15. The van der Waals surface area contributed by atoms with Crippen LogP contribution in [0.25, 0.3) is 0 Å². The van der Waals surface area contributed by atoms with Crippen molar-refractivity contribution in [2.45, 2.75) is 26.5 Å². The summed E-state index contributed by atoms with van der Waals surface area (Å²) in [6, 6.07) is 4.35. The van der Waals surface area contributed by atoms with E-state index in [-0.39, 0.29) is 0 Å². The molecule has 0 spiro atoms. The molecule has 1 aromatic rings. The van der Waals surface area contributed by atoms with Crippen LogP contribution in [-0.2, 0) is 0 Å². The van der Waals surface area contributed by atoms with Gasteiger partial charge in [0.15, 0.2) is 6.71 Å². The van der Waals surface area contributed by atoms with Gasteiger partial charge in [0.25, 0.3) is 0 Å². The maximum absolute atomic E-state index is 4.51. The summed E-state index contributed by atoms with van der Waals surface area (Å²) in [6.45, 7) is 7.33. The first-order valence-corrected chi connectivity index (χ1v) is 5.48. The summed E-state index contributed by atoms with van der Waals surface area (Å²) in [5, 5.41) is 0. The maximum Gasteiger partial charge on any atom is 0.171 e. The third-order valence-corrected chi connectivity index (χ3v) is 2.87. The molecule has 14 heavy (non-hydrogen) atoms. The SMILES string of the molecule is CB(C)c1ccc(N2CCCC2)nc1. The summed E-state index contributed by atoms with van der Waals surface area (Å²) in [7, 11) is 0. The van der Waals surface area contributed by atoms with E-state index in [2.05, 4.69) is 35.7 Å². The molecular formula is C11H17BN2. The van der Waals surface area contributed by atoms with Gasteiger partial charge in [0.1, 0.15) is 5.82 Å². The molecule has 0 aromatic carbocycles. The monoisotopic (exact) mass is 188 g/mol. The lowest BCUT2D eigenvalue weighted by Gasteiger charge is -2.16. The van der Waals surface area contributed by atoms with Crippen LogP contribution in [0.3, 0.4) is 0 Å². The molecule has 0 radical (unpaired) electrons. The molecule has 0 aliphatic carbocycles. The third kappa shape index (κ3) is 1.92. The number of rotatable bonds is 2. The quantitative estimate of drug-likeness (QED) is 0.656. The molecule has 0 N–H and O–H groups in total. The lowest BCUT2D eigenvalue weighted by atomic mass is 9.50. The standard InChI is InChI=1S/C11H17BN2/c1-12(2)10-5-6-11(13-9-10)14-7-3-4-8-14/h5-6,9H,3-4,7-8H2,1-2H3. The lowest BCUT2D eigenvalue weighted by Crippen LogP contribution is -2.25. The molecule has 2 nitrogen and oxygen atoms in total. The molecule has 0 amide bonds. The van der Waals surface area contributed by atoms with E-state index < -0.39 is 0 Å². The van der Waals surface area contributed by atoms with E-state index in [0.717, 1.165) is 5.82 Å². The van der Waals surface area contributed by atoms with E-state index in [4.69, 9.17) is 0 Å². The van der Waals surface area contributed by atoms with Gasteiger partial charge in [0, 0.05) is 19.3 Å². The Labute approximate surface area is 86.4 Å². The zero-order valence-corrected chi connectivity index (χ0v) is 9.03. The van der Waals surface area contributed by atoms with Crippen molar-refractivity contribution in [2.75, 3.05) is 18.0 Å². The van der Waals surface area contributed by atoms with Gasteiger partial charge in [0.05, 0.1) is 0 Å². The van der Waals surface area contributed by atoms with Crippen molar-refractivity contribution < 1.29 is 0 Å². The fraction of sp³-hybridized carbons (Fsp3) is 0.545. The topological polar surface area (TPSA) is 16.1 Å². The first-order valence-electron chi connectivity index (χ1n) is 5.48.